The molecule has 1 N–H and O–H groups in total. The van der Waals surface area contributed by atoms with Crippen LogP contribution in [0.5, 0.6) is 11.5 Å². The zero-order valence-electron chi connectivity index (χ0n) is 16.2. The van der Waals surface area contributed by atoms with Gasteiger partial charge in [-0.15, -0.1) is 0 Å². The first-order valence-corrected chi connectivity index (χ1v) is 10.3. The van der Waals surface area contributed by atoms with Gasteiger partial charge in [-0.2, -0.15) is 0 Å². The summed E-state index contributed by atoms with van der Waals surface area (Å²) < 4.78 is 17.8. The Hall–Kier alpha value is -1.30. The molecular formula is C21H28ClNO4. The largest absolute Gasteiger partial charge is 0.448 e. The quantitative estimate of drug-likeness (QED) is 0.757. The minimum Gasteiger partial charge on any atom is -0.448 e. The second-order valence-corrected chi connectivity index (χ2v) is 8.72. The molecule has 0 bridgehead atoms. The van der Waals surface area contributed by atoms with E-state index in [0.29, 0.717) is 46.2 Å². The summed E-state index contributed by atoms with van der Waals surface area (Å²) in [6.07, 6.45) is 7.79. The highest BCUT2D eigenvalue weighted by Gasteiger charge is 2.47. The molecule has 1 aromatic rings. The molecule has 0 amide bonds. The molecule has 2 aliphatic carbocycles. The van der Waals surface area contributed by atoms with E-state index in [1.54, 1.807) is 13.2 Å². The summed E-state index contributed by atoms with van der Waals surface area (Å²) in [5.74, 6) is 0.766. The Balaban J connectivity index is 1.38. The number of methoxy groups -OCH3 is 1. The third kappa shape index (κ3) is 3.45. The molecule has 27 heavy (non-hydrogen) atoms. The summed E-state index contributed by atoms with van der Waals surface area (Å²) >= 11 is 6.33. The average molecular weight is 394 g/mol. The standard InChI is InChI=1S/C21H28ClNO4/c1-12-13(11-24)8-18(22)20-19(12)26-21(2,27-20)14-4-6-15(7-5-14)23-16-9-17(10-16)25-3/h8,11,14-17,23H,4-7,9-10H2,1-3H3. The minimum absolute atomic E-state index is 0.297. The van der Waals surface area contributed by atoms with Crippen molar-refractivity contribution in [1.82, 2.24) is 5.32 Å². The van der Waals surface area contributed by atoms with E-state index in [1.807, 2.05) is 13.8 Å². The molecule has 4 rings (SSSR count). The molecule has 1 atom stereocenters. The molecule has 0 spiro atoms. The summed E-state index contributed by atoms with van der Waals surface area (Å²) in [5.41, 5.74) is 1.34. The van der Waals surface area contributed by atoms with Gasteiger partial charge in [0.25, 0.3) is 5.79 Å². The van der Waals surface area contributed by atoms with E-state index < -0.39 is 5.79 Å². The van der Waals surface area contributed by atoms with E-state index in [9.17, 15) is 4.79 Å². The fraction of sp³-hybridized carbons (Fsp3) is 0.667. The smallest absolute Gasteiger partial charge is 0.251 e. The van der Waals surface area contributed by atoms with Crippen molar-refractivity contribution in [2.45, 2.75) is 76.3 Å². The number of halogens is 1. The van der Waals surface area contributed by atoms with Gasteiger partial charge in [-0.25, -0.2) is 0 Å². The Morgan fingerprint density at radius 2 is 1.85 bits per heavy atom. The lowest BCUT2D eigenvalue weighted by Gasteiger charge is -2.41. The molecule has 148 valence electrons. The first kappa shape index (κ1) is 19.0. The van der Waals surface area contributed by atoms with E-state index in [0.717, 1.165) is 50.4 Å². The van der Waals surface area contributed by atoms with Crippen LogP contribution in [0.15, 0.2) is 6.07 Å². The van der Waals surface area contributed by atoms with Gasteiger partial charge < -0.3 is 19.5 Å². The molecule has 3 aliphatic rings. The summed E-state index contributed by atoms with van der Waals surface area (Å²) in [5, 5.41) is 4.21. The highest BCUT2D eigenvalue weighted by Crippen LogP contribution is 2.51. The van der Waals surface area contributed by atoms with E-state index in [2.05, 4.69) is 5.32 Å². The number of aldehydes is 1. The molecule has 1 heterocycles. The fourth-order valence-electron chi connectivity index (χ4n) is 4.67. The lowest BCUT2D eigenvalue weighted by atomic mass is 9.80. The third-order valence-electron chi connectivity index (χ3n) is 6.58. The van der Waals surface area contributed by atoms with Crippen LogP contribution in [-0.2, 0) is 4.74 Å². The van der Waals surface area contributed by atoms with Crippen molar-refractivity contribution < 1.29 is 19.0 Å². The van der Waals surface area contributed by atoms with Crippen LogP contribution in [-0.4, -0.2) is 37.4 Å². The van der Waals surface area contributed by atoms with Crippen LogP contribution in [0.25, 0.3) is 0 Å². The second-order valence-electron chi connectivity index (χ2n) is 8.31. The van der Waals surface area contributed by atoms with Crippen LogP contribution in [0, 0.1) is 12.8 Å². The Bertz CT molecular complexity index is 725. The van der Waals surface area contributed by atoms with Gasteiger partial charge in [-0.1, -0.05) is 11.6 Å². The molecule has 0 aromatic heterocycles. The van der Waals surface area contributed by atoms with Crippen molar-refractivity contribution in [3.63, 3.8) is 0 Å². The second kappa shape index (κ2) is 7.26. The zero-order chi connectivity index (χ0) is 19.2. The highest BCUT2D eigenvalue weighted by atomic mass is 35.5. The van der Waals surface area contributed by atoms with Crippen molar-refractivity contribution in [1.29, 1.82) is 0 Å². The normalized spacial score (nSPS) is 35.0. The van der Waals surface area contributed by atoms with Gasteiger partial charge >= 0.3 is 0 Å². The molecule has 1 aliphatic heterocycles. The van der Waals surface area contributed by atoms with Gasteiger partial charge in [0.15, 0.2) is 17.8 Å². The molecule has 2 saturated carbocycles. The van der Waals surface area contributed by atoms with Crippen LogP contribution < -0.4 is 14.8 Å². The number of fused-ring (bicyclic) bond motifs is 1. The molecule has 0 saturated heterocycles. The van der Waals surface area contributed by atoms with Crippen LogP contribution >= 0.6 is 11.6 Å². The summed E-state index contributed by atoms with van der Waals surface area (Å²) in [6.45, 7) is 3.87. The van der Waals surface area contributed by atoms with Gasteiger partial charge in [0, 0.05) is 43.2 Å². The van der Waals surface area contributed by atoms with Gasteiger partial charge in [-0.3, -0.25) is 4.79 Å². The van der Waals surface area contributed by atoms with Crippen LogP contribution in [0.4, 0.5) is 0 Å². The molecule has 1 aromatic carbocycles. The average Bonchev–Trinajstić information content (AvgIpc) is 3.01. The topological polar surface area (TPSA) is 56.8 Å². The molecular weight excluding hydrogens is 366 g/mol. The number of benzene rings is 1. The Morgan fingerprint density at radius 1 is 1.19 bits per heavy atom. The molecule has 1 unspecified atom stereocenters. The number of carbonyl (C=O) groups is 1. The molecule has 5 nitrogen and oxygen atoms in total. The maximum atomic E-state index is 11.3. The van der Waals surface area contributed by atoms with Gasteiger partial charge in [0.1, 0.15) is 0 Å². The van der Waals surface area contributed by atoms with Gasteiger partial charge in [0.05, 0.1) is 11.1 Å². The van der Waals surface area contributed by atoms with Crippen molar-refractivity contribution in [2.24, 2.45) is 5.92 Å². The number of rotatable bonds is 5. The van der Waals surface area contributed by atoms with Crippen molar-refractivity contribution >= 4 is 17.9 Å². The lowest BCUT2D eigenvalue weighted by molar-refractivity contribution is -0.122. The number of hydrogen-bond donors (Lipinski definition) is 1. The zero-order valence-corrected chi connectivity index (χ0v) is 17.0. The third-order valence-corrected chi connectivity index (χ3v) is 6.86. The maximum Gasteiger partial charge on any atom is 0.251 e. The lowest BCUT2D eigenvalue weighted by Crippen LogP contribution is -2.52. The fourth-order valence-corrected chi connectivity index (χ4v) is 4.91. The van der Waals surface area contributed by atoms with E-state index in [1.165, 1.54) is 0 Å². The van der Waals surface area contributed by atoms with E-state index in [-0.39, 0.29) is 0 Å². The van der Waals surface area contributed by atoms with Gasteiger partial charge in [-0.05, 0) is 51.5 Å². The van der Waals surface area contributed by atoms with Crippen LogP contribution in [0.1, 0.15) is 61.4 Å². The predicted octanol–water partition coefficient (Wildman–Crippen LogP) is 4.27. The first-order valence-electron chi connectivity index (χ1n) is 9.88. The highest BCUT2D eigenvalue weighted by molar-refractivity contribution is 6.32. The Labute approximate surface area is 165 Å². The Kier molecular flexibility index (Phi) is 5.12. The minimum atomic E-state index is -0.721. The monoisotopic (exact) mass is 393 g/mol. The van der Waals surface area contributed by atoms with E-state index >= 15 is 0 Å². The van der Waals surface area contributed by atoms with Crippen LogP contribution in [0.2, 0.25) is 5.02 Å². The van der Waals surface area contributed by atoms with Crippen LogP contribution in [0.3, 0.4) is 0 Å². The summed E-state index contributed by atoms with van der Waals surface area (Å²) in [6, 6.07) is 2.81. The van der Waals surface area contributed by atoms with Gasteiger partial charge in [0.2, 0.25) is 0 Å². The van der Waals surface area contributed by atoms with E-state index in [4.69, 9.17) is 25.8 Å². The molecule has 0 radical (unpaired) electrons. The number of nitrogens with one attached hydrogen (secondary N) is 1. The van der Waals surface area contributed by atoms with Crippen molar-refractivity contribution in [3.8, 4) is 11.5 Å². The number of hydrogen-bond acceptors (Lipinski definition) is 5. The van der Waals surface area contributed by atoms with Crippen molar-refractivity contribution in [2.75, 3.05) is 7.11 Å². The predicted molar refractivity (Wildman–Crippen MR) is 104 cm³/mol. The number of ether oxygens (including phenoxy) is 3. The first-order chi connectivity index (χ1) is 12.9. The van der Waals surface area contributed by atoms with Crippen molar-refractivity contribution in [3.05, 3.63) is 22.2 Å². The SMILES string of the molecule is COC1CC(NC2CCC(C3(C)Oc4c(Cl)cc(C=O)c(C)c4O3)CC2)C1. The Morgan fingerprint density at radius 3 is 2.48 bits per heavy atom. The summed E-state index contributed by atoms with van der Waals surface area (Å²) in [4.78, 5) is 11.3. The maximum absolute atomic E-state index is 11.3. The summed E-state index contributed by atoms with van der Waals surface area (Å²) in [7, 11) is 1.79. The molecule has 2 fully saturated rings. The molecule has 6 heteroatoms. The number of carbonyl (C=O) groups excluding carboxylic acids is 1.